The molecule has 0 saturated carbocycles. The zero-order valence-electron chi connectivity index (χ0n) is 13.8. The van der Waals surface area contributed by atoms with Gasteiger partial charge in [-0.05, 0) is 12.5 Å². The summed E-state index contributed by atoms with van der Waals surface area (Å²) in [5.74, 6) is -1.47. The van der Waals surface area contributed by atoms with Crippen molar-refractivity contribution in [1.82, 2.24) is 5.48 Å². The lowest BCUT2D eigenvalue weighted by molar-refractivity contribution is -0.137. The number of hydrogen-bond donors (Lipinski definition) is 2. The van der Waals surface area contributed by atoms with Crippen LogP contribution < -0.4 is 10.3 Å². The van der Waals surface area contributed by atoms with Crippen molar-refractivity contribution in [3.8, 4) is 5.75 Å². The van der Waals surface area contributed by atoms with Crippen molar-refractivity contribution in [2.24, 2.45) is 5.92 Å². The molecule has 0 aliphatic carbocycles. The average molecular weight is 333 g/mol. The van der Waals surface area contributed by atoms with Crippen molar-refractivity contribution in [3.05, 3.63) is 29.3 Å². The number of rotatable bonds is 9. The van der Waals surface area contributed by atoms with Crippen LogP contribution in [0.25, 0.3) is 0 Å². The normalized spacial score (nSPS) is 14.3. The van der Waals surface area contributed by atoms with Gasteiger partial charge in [-0.2, -0.15) is 5.48 Å². The molecule has 2 rings (SSSR count). The summed E-state index contributed by atoms with van der Waals surface area (Å²) < 4.78 is 0. The van der Waals surface area contributed by atoms with E-state index in [1.807, 2.05) is 0 Å². The lowest BCUT2D eigenvalue weighted by atomic mass is 9.89. The summed E-state index contributed by atoms with van der Waals surface area (Å²) in [6.07, 6.45) is 4.62. The molecule has 0 radical (unpaired) electrons. The largest absolute Gasteiger partial charge is 0.481 e. The van der Waals surface area contributed by atoms with Gasteiger partial charge in [-0.15, -0.1) is 0 Å². The van der Waals surface area contributed by atoms with Crippen molar-refractivity contribution in [3.63, 3.8) is 0 Å². The summed E-state index contributed by atoms with van der Waals surface area (Å²) in [5, 5.41) is 9.08. The Labute approximate surface area is 141 Å². The molecule has 0 spiro atoms. The third kappa shape index (κ3) is 4.81. The fourth-order valence-corrected chi connectivity index (χ4v) is 2.86. The molecule has 1 aliphatic heterocycles. The van der Waals surface area contributed by atoms with E-state index in [1.165, 1.54) is 0 Å². The number of carboxylic acids is 1. The second kappa shape index (κ2) is 8.47. The van der Waals surface area contributed by atoms with Crippen LogP contribution in [-0.2, 0) is 16.0 Å². The molecule has 1 unspecified atom stereocenters. The monoisotopic (exact) mass is 333 g/mol. The van der Waals surface area contributed by atoms with Crippen molar-refractivity contribution in [2.75, 3.05) is 0 Å². The van der Waals surface area contributed by atoms with E-state index in [2.05, 4.69) is 12.4 Å². The number of carbonyl (C=O) groups is 3. The molecule has 0 aromatic heterocycles. The molecular formula is C18H23NO5. The molecule has 1 amide bonds. The Morgan fingerprint density at radius 2 is 2.08 bits per heavy atom. The Balaban J connectivity index is 2.10. The topological polar surface area (TPSA) is 92.7 Å². The highest BCUT2D eigenvalue weighted by Gasteiger charge is 2.25. The third-order valence-corrected chi connectivity index (χ3v) is 4.18. The Morgan fingerprint density at radius 3 is 2.79 bits per heavy atom. The second-order valence-corrected chi connectivity index (χ2v) is 6.13. The number of hydrogen-bond acceptors (Lipinski definition) is 4. The van der Waals surface area contributed by atoms with Crippen LogP contribution in [0.1, 0.15) is 61.4 Å². The SMILES string of the molecule is CCCCCCC(CC(=O)O)C(=O)c1ccc2c(c1)ONC(=O)C2. The number of carboxylic acid groups (broad SMARTS) is 1. The van der Waals surface area contributed by atoms with E-state index in [0.29, 0.717) is 23.3 Å². The number of unbranched alkanes of at least 4 members (excludes halogenated alkanes) is 3. The lowest BCUT2D eigenvalue weighted by Crippen LogP contribution is -2.33. The smallest absolute Gasteiger partial charge is 0.304 e. The van der Waals surface area contributed by atoms with Crippen LogP contribution in [0.5, 0.6) is 5.75 Å². The van der Waals surface area contributed by atoms with Gasteiger partial charge >= 0.3 is 5.97 Å². The zero-order chi connectivity index (χ0) is 17.5. The molecule has 6 nitrogen and oxygen atoms in total. The minimum Gasteiger partial charge on any atom is -0.481 e. The minimum atomic E-state index is -0.967. The van der Waals surface area contributed by atoms with E-state index in [0.717, 1.165) is 25.7 Å². The van der Waals surface area contributed by atoms with Crippen LogP contribution in [0.2, 0.25) is 0 Å². The first-order valence-corrected chi connectivity index (χ1v) is 8.36. The molecule has 0 saturated heterocycles. The first-order chi connectivity index (χ1) is 11.5. The van der Waals surface area contributed by atoms with Gasteiger partial charge in [0.1, 0.15) is 0 Å². The van der Waals surface area contributed by atoms with Crippen molar-refractivity contribution in [2.45, 2.75) is 51.9 Å². The molecule has 1 atom stereocenters. The maximum Gasteiger partial charge on any atom is 0.304 e. The standard InChI is InChI=1S/C18H23NO5/c1-2-3-4-5-6-13(11-17(21)22)18(23)14-8-7-12-10-16(20)19-24-15(12)9-14/h7-9,13H,2-6,10-11H2,1H3,(H,19,20)(H,21,22). The van der Waals surface area contributed by atoms with E-state index in [4.69, 9.17) is 9.94 Å². The number of benzene rings is 1. The summed E-state index contributed by atoms with van der Waals surface area (Å²) in [6.45, 7) is 2.10. The van der Waals surface area contributed by atoms with Gasteiger partial charge in [-0.25, -0.2) is 0 Å². The van der Waals surface area contributed by atoms with Crippen LogP contribution in [0.15, 0.2) is 18.2 Å². The average Bonchev–Trinajstić information content (AvgIpc) is 2.56. The lowest BCUT2D eigenvalue weighted by Gasteiger charge is -2.19. The molecule has 1 aromatic rings. The van der Waals surface area contributed by atoms with Crippen LogP contribution in [0.4, 0.5) is 0 Å². The number of nitrogens with one attached hydrogen (secondary N) is 1. The highest BCUT2D eigenvalue weighted by atomic mass is 16.7. The van der Waals surface area contributed by atoms with Gasteiger partial charge in [0, 0.05) is 17.0 Å². The Bertz CT molecular complexity index is 626. The maximum absolute atomic E-state index is 12.7. The van der Waals surface area contributed by atoms with Gasteiger partial charge in [0.25, 0.3) is 5.91 Å². The summed E-state index contributed by atoms with van der Waals surface area (Å²) in [7, 11) is 0. The first-order valence-electron chi connectivity index (χ1n) is 8.36. The summed E-state index contributed by atoms with van der Waals surface area (Å²) in [4.78, 5) is 40.2. The van der Waals surface area contributed by atoms with Crippen molar-refractivity contribution >= 4 is 17.7 Å². The van der Waals surface area contributed by atoms with E-state index in [-0.39, 0.29) is 24.5 Å². The van der Waals surface area contributed by atoms with Crippen LogP contribution >= 0.6 is 0 Å². The van der Waals surface area contributed by atoms with E-state index in [9.17, 15) is 14.4 Å². The van der Waals surface area contributed by atoms with Gasteiger partial charge in [0.15, 0.2) is 11.5 Å². The number of carbonyl (C=O) groups excluding carboxylic acids is 2. The minimum absolute atomic E-state index is 0.167. The molecule has 24 heavy (non-hydrogen) atoms. The molecule has 1 aliphatic rings. The van der Waals surface area contributed by atoms with Crippen molar-refractivity contribution in [1.29, 1.82) is 0 Å². The fraction of sp³-hybridized carbons (Fsp3) is 0.500. The highest BCUT2D eigenvalue weighted by Crippen LogP contribution is 2.26. The number of aliphatic carboxylic acids is 1. The van der Waals surface area contributed by atoms with Gasteiger partial charge < -0.3 is 9.94 Å². The zero-order valence-corrected chi connectivity index (χ0v) is 13.8. The van der Waals surface area contributed by atoms with Crippen molar-refractivity contribution < 1.29 is 24.3 Å². The van der Waals surface area contributed by atoms with E-state index < -0.39 is 11.9 Å². The predicted molar refractivity (Wildman–Crippen MR) is 87.7 cm³/mol. The molecule has 0 bridgehead atoms. The third-order valence-electron chi connectivity index (χ3n) is 4.18. The summed E-state index contributed by atoms with van der Waals surface area (Å²) >= 11 is 0. The second-order valence-electron chi connectivity index (χ2n) is 6.13. The molecule has 0 fully saturated rings. The van der Waals surface area contributed by atoms with E-state index >= 15 is 0 Å². The van der Waals surface area contributed by atoms with Crippen LogP contribution in [-0.4, -0.2) is 22.8 Å². The van der Waals surface area contributed by atoms with Gasteiger partial charge in [-0.3, -0.25) is 14.4 Å². The maximum atomic E-state index is 12.7. The molecule has 130 valence electrons. The summed E-state index contributed by atoms with van der Waals surface area (Å²) in [5.41, 5.74) is 3.41. The molecule has 1 aromatic carbocycles. The molecule has 6 heteroatoms. The predicted octanol–water partition coefficient (Wildman–Crippen LogP) is 2.90. The first kappa shape index (κ1) is 18.0. The number of ketones is 1. The number of fused-ring (bicyclic) bond motifs is 1. The van der Waals surface area contributed by atoms with Gasteiger partial charge in [-0.1, -0.05) is 44.7 Å². The van der Waals surface area contributed by atoms with E-state index in [1.54, 1.807) is 18.2 Å². The number of amides is 1. The fourth-order valence-electron chi connectivity index (χ4n) is 2.86. The quantitative estimate of drug-likeness (QED) is 0.535. The van der Waals surface area contributed by atoms with Crippen LogP contribution in [0, 0.1) is 5.92 Å². The number of Topliss-reactive ketones (excluding diaryl/α,β-unsaturated/α-hetero) is 1. The molecular weight excluding hydrogens is 310 g/mol. The highest BCUT2D eigenvalue weighted by molar-refractivity contribution is 6.00. The molecule has 1 heterocycles. The Morgan fingerprint density at radius 1 is 1.29 bits per heavy atom. The Kier molecular flexibility index (Phi) is 6.35. The molecule has 2 N–H and O–H groups in total. The summed E-state index contributed by atoms with van der Waals surface area (Å²) in [6, 6.07) is 4.91. The van der Waals surface area contributed by atoms with Gasteiger partial charge in [0.2, 0.25) is 0 Å². The van der Waals surface area contributed by atoms with Crippen LogP contribution in [0.3, 0.4) is 0 Å². The van der Waals surface area contributed by atoms with Gasteiger partial charge in [0.05, 0.1) is 12.8 Å². The Hall–Kier alpha value is -2.37. The number of hydroxylamine groups is 1.